The molecule has 0 spiro atoms. The van der Waals surface area contributed by atoms with Crippen LogP contribution in [0.2, 0.25) is 15.1 Å². The van der Waals surface area contributed by atoms with Crippen molar-refractivity contribution >= 4 is 62.6 Å². The first-order valence-electron chi connectivity index (χ1n) is 14.3. The normalized spacial score (nSPS) is 18.6. The van der Waals surface area contributed by atoms with Crippen LogP contribution in [0.5, 0.6) is 5.75 Å². The van der Waals surface area contributed by atoms with Crippen molar-refractivity contribution < 1.29 is 22.7 Å². The summed E-state index contributed by atoms with van der Waals surface area (Å²) in [6.45, 7) is 5.80. The predicted molar refractivity (Wildman–Crippen MR) is 175 cm³/mol. The maximum absolute atomic E-state index is 14.5. The van der Waals surface area contributed by atoms with Crippen molar-refractivity contribution in [3.05, 3.63) is 92.4 Å². The molecule has 3 amide bonds. The summed E-state index contributed by atoms with van der Waals surface area (Å²) < 4.78 is 35.3. The number of nitrogens with one attached hydrogen (secondary N) is 2. The van der Waals surface area contributed by atoms with E-state index in [1.54, 1.807) is 45.0 Å². The first kappa shape index (κ1) is 33.0. The molecule has 3 aromatic carbocycles. The van der Waals surface area contributed by atoms with Gasteiger partial charge in [-0.3, -0.25) is 14.7 Å². The predicted octanol–water partition coefficient (Wildman–Crippen LogP) is 5.83. The van der Waals surface area contributed by atoms with E-state index >= 15 is 0 Å². The maximum Gasteiger partial charge on any atom is 0.326 e. The molecule has 45 heavy (non-hydrogen) atoms. The summed E-state index contributed by atoms with van der Waals surface area (Å²) in [6.07, 6.45) is 0. The highest BCUT2D eigenvalue weighted by Gasteiger charge is 2.45. The zero-order chi connectivity index (χ0) is 32.5. The Morgan fingerprint density at radius 1 is 1.04 bits per heavy atom. The maximum atomic E-state index is 14.5. The van der Waals surface area contributed by atoms with Gasteiger partial charge in [-0.1, -0.05) is 59.1 Å². The lowest BCUT2D eigenvalue weighted by Gasteiger charge is -2.36. The fourth-order valence-corrected chi connectivity index (χ4v) is 7.42. The van der Waals surface area contributed by atoms with Crippen molar-refractivity contribution in [1.29, 1.82) is 0 Å². The fourth-order valence-electron chi connectivity index (χ4n) is 5.37. The second-order valence-corrected chi connectivity index (χ2v) is 13.8. The molecule has 0 aliphatic carbocycles. The second kappa shape index (κ2) is 13.6. The van der Waals surface area contributed by atoms with Gasteiger partial charge in [0, 0.05) is 35.2 Å². The number of hydrogen-bond donors (Lipinski definition) is 2. The number of carbonyl (C=O) groups is 2. The molecule has 1 saturated heterocycles. The van der Waals surface area contributed by atoms with Gasteiger partial charge in [-0.2, -0.15) is 0 Å². The standard InChI is InChI=1S/C31H32Cl3N5O5S/c1-4-44-25-16-24(34)26(45(42,43)37-18(2)3)15-23(25)30-36-28(19-5-9-21(32)10-6-19)29(20-7-11-22(33)12-8-20)39(30)31(41)38-14-13-35-27(40)17-38/h5-12,15-16,18,28-29,37H,4,13-14,17H2,1-3H3,(H,35,40)/t28-,29+/m0/s1. The molecule has 0 unspecified atom stereocenters. The SMILES string of the molecule is CCOc1cc(Cl)c(S(=O)(=O)NC(C)C)cc1C1=N[C@@H](c2ccc(Cl)cc2)[C@@H](c2ccc(Cl)cc2)N1C(=O)N1CCNC(=O)C1. The van der Waals surface area contributed by atoms with Gasteiger partial charge in [0.25, 0.3) is 0 Å². The van der Waals surface area contributed by atoms with E-state index in [4.69, 9.17) is 44.5 Å². The number of aliphatic imine (C=N–C) groups is 1. The van der Waals surface area contributed by atoms with E-state index in [9.17, 15) is 18.0 Å². The van der Waals surface area contributed by atoms with Crippen LogP contribution in [0.25, 0.3) is 0 Å². The van der Waals surface area contributed by atoms with E-state index in [1.807, 2.05) is 24.3 Å². The van der Waals surface area contributed by atoms with Gasteiger partial charge in [0.1, 0.15) is 29.1 Å². The van der Waals surface area contributed by atoms with Gasteiger partial charge in [0.15, 0.2) is 0 Å². The van der Waals surface area contributed by atoms with Crippen molar-refractivity contribution in [3.8, 4) is 5.75 Å². The topological polar surface area (TPSA) is 120 Å². The van der Waals surface area contributed by atoms with Crippen molar-refractivity contribution in [2.75, 3.05) is 26.2 Å². The van der Waals surface area contributed by atoms with Crippen LogP contribution < -0.4 is 14.8 Å². The molecule has 0 bridgehead atoms. The quantitative estimate of drug-likeness (QED) is 0.308. The average molecular weight is 693 g/mol. The van der Waals surface area contributed by atoms with Crippen LogP contribution >= 0.6 is 34.8 Å². The molecule has 5 rings (SSSR count). The highest BCUT2D eigenvalue weighted by Crippen LogP contribution is 2.46. The number of ether oxygens (including phenoxy) is 1. The van der Waals surface area contributed by atoms with E-state index in [1.165, 1.54) is 21.9 Å². The molecule has 0 saturated carbocycles. The van der Waals surface area contributed by atoms with Gasteiger partial charge < -0.3 is 15.0 Å². The van der Waals surface area contributed by atoms with Crippen molar-refractivity contribution in [2.24, 2.45) is 4.99 Å². The van der Waals surface area contributed by atoms with E-state index in [0.717, 1.165) is 5.56 Å². The summed E-state index contributed by atoms with van der Waals surface area (Å²) >= 11 is 19.0. The zero-order valence-corrected chi connectivity index (χ0v) is 27.8. The number of piperazine rings is 1. The molecular formula is C31H32Cl3N5O5S. The van der Waals surface area contributed by atoms with Gasteiger partial charge in [0.05, 0.1) is 23.2 Å². The number of amides is 3. The molecule has 2 heterocycles. The second-order valence-electron chi connectivity index (χ2n) is 10.9. The minimum absolute atomic E-state index is 0.0528. The Morgan fingerprint density at radius 2 is 1.67 bits per heavy atom. The van der Waals surface area contributed by atoms with Gasteiger partial charge in [0.2, 0.25) is 15.9 Å². The number of halogens is 3. The van der Waals surface area contributed by atoms with Crippen LogP contribution in [0.3, 0.4) is 0 Å². The molecule has 2 N–H and O–H groups in total. The molecule has 0 aromatic heterocycles. The monoisotopic (exact) mass is 691 g/mol. The van der Waals surface area contributed by atoms with E-state index in [2.05, 4.69) is 10.0 Å². The molecule has 14 heteroatoms. The van der Waals surface area contributed by atoms with Gasteiger partial charge in [-0.05, 0) is 62.2 Å². The van der Waals surface area contributed by atoms with Crippen LogP contribution in [0.4, 0.5) is 4.79 Å². The molecule has 0 radical (unpaired) electrons. The minimum Gasteiger partial charge on any atom is -0.493 e. The number of sulfonamides is 1. The minimum atomic E-state index is -4.07. The number of carbonyl (C=O) groups excluding carboxylic acids is 2. The lowest BCUT2D eigenvalue weighted by molar-refractivity contribution is -0.123. The number of nitrogens with zero attached hydrogens (tertiary/aromatic N) is 3. The van der Waals surface area contributed by atoms with Crippen molar-refractivity contribution in [1.82, 2.24) is 19.8 Å². The Labute approximate surface area is 277 Å². The molecule has 2 aliphatic heterocycles. The van der Waals surface area contributed by atoms with Crippen LogP contribution in [0, 0.1) is 0 Å². The summed E-state index contributed by atoms with van der Waals surface area (Å²) in [5, 5.41) is 3.73. The first-order chi connectivity index (χ1) is 21.4. The Kier molecular flexibility index (Phi) is 9.95. The van der Waals surface area contributed by atoms with E-state index in [0.29, 0.717) is 15.6 Å². The molecular weight excluding hydrogens is 661 g/mol. The summed E-state index contributed by atoms with van der Waals surface area (Å²) in [6, 6.07) is 14.7. The third-order valence-electron chi connectivity index (χ3n) is 7.26. The summed E-state index contributed by atoms with van der Waals surface area (Å²) in [5.41, 5.74) is 1.72. The average Bonchev–Trinajstić information content (AvgIpc) is 3.37. The van der Waals surface area contributed by atoms with Crippen LogP contribution in [0.15, 0.2) is 70.6 Å². The summed E-state index contributed by atoms with van der Waals surface area (Å²) in [4.78, 5) is 34.7. The number of rotatable bonds is 8. The molecule has 2 atom stereocenters. The lowest BCUT2D eigenvalue weighted by Crippen LogP contribution is -2.55. The van der Waals surface area contributed by atoms with Crippen LogP contribution in [-0.2, 0) is 14.8 Å². The summed E-state index contributed by atoms with van der Waals surface area (Å²) in [7, 11) is -4.07. The number of benzene rings is 3. The molecule has 238 valence electrons. The van der Waals surface area contributed by atoms with Crippen molar-refractivity contribution in [2.45, 2.75) is 43.8 Å². The third-order valence-corrected chi connectivity index (χ3v) is 9.89. The number of hydrogen-bond acceptors (Lipinski definition) is 6. The Balaban J connectivity index is 1.77. The first-order valence-corrected chi connectivity index (χ1v) is 16.9. The lowest BCUT2D eigenvalue weighted by atomic mass is 9.93. The fraction of sp³-hybridized carbons (Fsp3) is 0.323. The Morgan fingerprint density at radius 3 is 2.24 bits per heavy atom. The smallest absolute Gasteiger partial charge is 0.326 e. The van der Waals surface area contributed by atoms with Gasteiger partial charge >= 0.3 is 6.03 Å². The number of urea groups is 1. The highest BCUT2D eigenvalue weighted by molar-refractivity contribution is 7.89. The van der Waals surface area contributed by atoms with Gasteiger partial charge in [-0.25, -0.2) is 17.9 Å². The summed E-state index contributed by atoms with van der Waals surface area (Å²) in [5.74, 6) is 0.108. The van der Waals surface area contributed by atoms with E-state index < -0.39 is 34.2 Å². The molecule has 1 fully saturated rings. The Hall–Kier alpha value is -3.35. The van der Waals surface area contributed by atoms with E-state index in [-0.39, 0.29) is 59.2 Å². The van der Waals surface area contributed by atoms with Gasteiger partial charge in [-0.15, -0.1) is 0 Å². The largest absolute Gasteiger partial charge is 0.493 e. The highest BCUT2D eigenvalue weighted by atomic mass is 35.5. The van der Waals surface area contributed by atoms with Crippen LogP contribution in [-0.4, -0.2) is 68.3 Å². The Bertz CT molecular complexity index is 1730. The zero-order valence-electron chi connectivity index (χ0n) is 24.8. The molecule has 3 aromatic rings. The van der Waals surface area contributed by atoms with Crippen LogP contribution in [0.1, 0.15) is 49.5 Å². The number of amidine groups is 1. The molecule has 10 nitrogen and oxygen atoms in total. The third kappa shape index (κ3) is 7.07. The molecule has 2 aliphatic rings. The van der Waals surface area contributed by atoms with Crippen molar-refractivity contribution in [3.63, 3.8) is 0 Å².